The van der Waals surface area contributed by atoms with Gasteiger partial charge in [0.25, 0.3) is 0 Å². The average molecular weight is 665 g/mol. The molecule has 2 aliphatic rings. The minimum atomic E-state index is -2.91. The summed E-state index contributed by atoms with van der Waals surface area (Å²) in [6.45, 7) is 0. The second-order valence-corrected chi connectivity index (χ2v) is 11.1. The molecule has 2 fully saturated rings. The van der Waals surface area contributed by atoms with Gasteiger partial charge in [-0.2, -0.15) is 17.6 Å². The molecular formula is C30H26BF10NO4. The molecular weight excluding hydrogens is 639 g/mol. The lowest BCUT2D eigenvalue weighted by Gasteiger charge is -2.44. The second-order valence-electron chi connectivity index (χ2n) is 11.1. The molecule has 46 heavy (non-hydrogen) atoms. The zero-order valence-corrected chi connectivity index (χ0v) is 23.9. The van der Waals surface area contributed by atoms with Gasteiger partial charge in [0.1, 0.15) is 11.5 Å². The van der Waals surface area contributed by atoms with Crippen molar-refractivity contribution in [3.8, 4) is 23.0 Å². The molecule has 16 heteroatoms. The lowest BCUT2D eigenvalue weighted by atomic mass is 9.88. The lowest BCUT2D eigenvalue weighted by molar-refractivity contribution is 0.259. The number of anilines is 1. The van der Waals surface area contributed by atoms with Gasteiger partial charge in [0.15, 0.2) is 11.5 Å². The number of halogens is 10. The third kappa shape index (κ3) is 6.48. The Bertz CT molecular complexity index is 1450. The molecule has 2 saturated carbocycles. The van der Waals surface area contributed by atoms with Crippen molar-refractivity contribution < 1.29 is 63.0 Å². The van der Waals surface area contributed by atoms with Gasteiger partial charge < -0.3 is 24.0 Å². The lowest BCUT2D eigenvalue weighted by Crippen LogP contribution is -2.46. The van der Waals surface area contributed by atoms with Crippen LogP contribution >= 0.6 is 0 Å². The number of nitrogens with zero attached hydrogens (tertiary/aromatic N) is 1. The van der Waals surface area contributed by atoms with Gasteiger partial charge in [-0.25, -0.2) is 26.3 Å². The molecule has 0 bridgehead atoms. The van der Waals surface area contributed by atoms with E-state index in [9.17, 15) is 49.0 Å². The van der Waals surface area contributed by atoms with Crippen LogP contribution in [-0.4, -0.2) is 24.5 Å². The minimum absolute atomic E-state index is 0.0911. The molecule has 1 N–H and O–H groups in total. The molecule has 3 aromatic carbocycles. The van der Waals surface area contributed by atoms with Crippen molar-refractivity contribution in [2.24, 2.45) is 0 Å². The van der Waals surface area contributed by atoms with Crippen LogP contribution < -0.4 is 18.9 Å². The summed E-state index contributed by atoms with van der Waals surface area (Å²) >= 11 is 0. The Balaban J connectivity index is 1.62. The van der Waals surface area contributed by atoms with Crippen molar-refractivity contribution in [2.45, 2.75) is 76.3 Å². The summed E-state index contributed by atoms with van der Waals surface area (Å²) in [5.74, 6) is -29.8. The van der Waals surface area contributed by atoms with E-state index in [1.807, 2.05) is 4.90 Å². The van der Waals surface area contributed by atoms with Crippen molar-refractivity contribution >= 4 is 13.0 Å². The molecule has 0 heterocycles. The molecule has 5 nitrogen and oxygen atoms in total. The fraction of sp³-hybridized carbons (Fsp3) is 0.400. The fourth-order valence-electron chi connectivity index (χ4n) is 5.96. The van der Waals surface area contributed by atoms with Gasteiger partial charge in [0.05, 0.1) is 5.69 Å². The Morgan fingerprint density at radius 2 is 0.891 bits per heavy atom. The number of aromatic hydroxyl groups is 1. The third-order valence-electron chi connectivity index (χ3n) is 8.15. The van der Waals surface area contributed by atoms with E-state index >= 15 is 0 Å². The largest absolute Gasteiger partial charge is 0.864 e. The maximum atomic E-state index is 14.6. The molecule has 0 amide bonds. The first-order valence-electron chi connectivity index (χ1n) is 14.5. The summed E-state index contributed by atoms with van der Waals surface area (Å²) in [7, 11) is -2.91. The number of rotatable bonds is 9. The van der Waals surface area contributed by atoms with Crippen LogP contribution in [0.1, 0.15) is 64.2 Å². The average Bonchev–Trinajstić information content (AvgIpc) is 3.07. The van der Waals surface area contributed by atoms with E-state index in [2.05, 4.69) is 0 Å². The highest BCUT2D eigenvalue weighted by Gasteiger charge is 2.41. The van der Waals surface area contributed by atoms with Crippen LogP contribution in [0.4, 0.5) is 49.6 Å². The quantitative estimate of drug-likeness (QED) is 0.107. The molecule has 2 aliphatic carbocycles. The van der Waals surface area contributed by atoms with E-state index in [0.717, 1.165) is 76.3 Å². The van der Waals surface area contributed by atoms with E-state index in [4.69, 9.17) is 14.0 Å². The Kier molecular flexibility index (Phi) is 10.0. The van der Waals surface area contributed by atoms with Crippen molar-refractivity contribution in [3.05, 3.63) is 76.4 Å². The maximum absolute atomic E-state index is 14.6. The van der Waals surface area contributed by atoms with Gasteiger partial charge in [-0.15, -0.1) is 0 Å². The van der Waals surface area contributed by atoms with E-state index in [1.54, 1.807) is 0 Å². The third-order valence-corrected chi connectivity index (χ3v) is 8.15. The molecule has 0 radical (unpaired) electrons. The predicted octanol–water partition coefficient (Wildman–Crippen LogP) is 8.78. The van der Waals surface area contributed by atoms with Crippen LogP contribution in [0.25, 0.3) is 0 Å². The molecule has 0 unspecified atom stereocenters. The summed E-state index contributed by atoms with van der Waals surface area (Å²) in [5, 5.41) is 10.4. The van der Waals surface area contributed by atoms with E-state index < -0.39 is 77.0 Å². The van der Waals surface area contributed by atoms with Crippen LogP contribution in [0, 0.1) is 58.2 Å². The molecule has 248 valence electrons. The monoisotopic (exact) mass is 665 g/mol. The Hall–Kier alpha value is -3.98. The summed E-state index contributed by atoms with van der Waals surface area (Å²) in [6, 6.07) is 3.29. The molecule has 0 aliphatic heterocycles. The number of phenolic OH excluding ortho intramolecular Hbond substituents is 1. The Labute approximate surface area is 256 Å². The fourth-order valence-corrected chi connectivity index (χ4v) is 5.96. The van der Waals surface area contributed by atoms with Gasteiger partial charge in [0, 0.05) is 18.2 Å². The first kappa shape index (κ1) is 33.4. The standard InChI is InChI=1S/C30H26BF10NO4/c32-19-21(34)25(38)29(26(39)22(19)35)45-31(46-30-27(40)23(36)20(33)24(37)28(30)41)44-18-12-11-16(43)13-17(18)42(14-7-3-1-4-8-14)15-9-5-2-6-10-15/h11-15,43H,1-10H2. The normalized spacial score (nSPS) is 16.0. The first-order chi connectivity index (χ1) is 21.9. The SMILES string of the molecule is Oc1ccc(OB(Oc2c(F)c(F)c(F)c(F)c2F)Oc2c(F)c(F)c(F)c(F)c2F)c(N(C2CCCCC2)C2CCCCC2)c1. The Morgan fingerprint density at radius 3 is 1.28 bits per heavy atom. The van der Waals surface area contributed by atoms with Gasteiger partial charge in [-0.05, 0) is 37.8 Å². The van der Waals surface area contributed by atoms with Crippen molar-refractivity contribution in [1.82, 2.24) is 0 Å². The zero-order chi connectivity index (χ0) is 33.3. The smallest absolute Gasteiger partial charge is 0.508 e. The van der Waals surface area contributed by atoms with Crippen molar-refractivity contribution in [2.75, 3.05) is 4.90 Å². The summed E-state index contributed by atoms with van der Waals surface area (Å²) in [4.78, 5) is 1.97. The number of benzene rings is 3. The van der Waals surface area contributed by atoms with Gasteiger partial charge in [-0.3, -0.25) is 0 Å². The van der Waals surface area contributed by atoms with E-state index in [0.29, 0.717) is 0 Å². The van der Waals surface area contributed by atoms with Crippen LogP contribution in [-0.2, 0) is 0 Å². The highest BCUT2D eigenvalue weighted by Crippen LogP contribution is 2.42. The summed E-state index contributed by atoms with van der Waals surface area (Å²) < 4.78 is 157. The molecule has 0 aromatic heterocycles. The van der Waals surface area contributed by atoms with Crippen LogP contribution in [0.15, 0.2) is 18.2 Å². The zero-order valence-electron chi connectivity index (χ0n) is 23.9. The maximum Gasteiger partial charge on any atom is 0.864 e. The van der Waals surface area contributed by atoms with Crippen LogP contribution in [0.5, 0.6) is 23.0 Å². The van der Waals surface area contributed by atoms with Crippen molar-refractivity contribution in [3.63, 3.8) is 0 Å². The molecule has 0 spiro atoms. The van der Waals surface area contributed by atoms with Crippen LogP contribution in [0.3, 0.4) is 0 Å². The highest BCUT2D eigenvalue weighted by molar-refractivity contribution is 6.39. The topological polar surface area (TPSA) is 51.2 Å². The van der Waals surface area contributed by atoms with Gasteiger partial charge in [-0.1, -0.05) is 38.5 Å². The molecule has 0 atom stereocenters. The second kappa shape index (κ2) is 13.8. The first-order valence-corrected chi connectivity index (χ1v) is 14.5. The van der Waals surface area contributed by atoms with Gasteiger partial charge >= 0.3 is 7.32 Å². The molecule has 5 rings (SSSR count). The summed E-state index contributed by atoms with van der Waals surface area (Å²) in [6.07, 6.45) is 8.38. The Morgan fingerprint density at radius 1 is 0.522 bits per heavy atom. The minimum Gasteiger partial charge on any atom is -0.508 e. The number of hydrogen-bond donors (Lipinski definition) is 1. The molecule has 3 aromatic rings. The molecule has 0 saturated heterocycles. The number of phenols is 1. The van der Waals surface area contributed by atoms with Gasteiger partial charge in [0.2, 0.25) is 58.2 Å². The van der Waals surface area contributed by atoms with Crippen molar-refractivity contribution in [1.29, 1.82) is 0 Å². The van der Waals surface area contributed by atoms with Crippen LogP contribution in [0.2, 0.25) is 0 Å². The van der Waals surface area contributed by atoms with E-state index in [1.165, 1.54) is 6.07 Å². The van der Waals surface area contributed by atoms with E-state index in [-0.39, 0.29) is 29.3 Å². The summed E-state index contributed by atoms with van der Waals surface area (Å²) in [5.41, 5.74) is 0.158. The number of hydrogen-bond acceptors (Lipinski definition) is 5. The predicted molar refractivity (Wildman–Crippen MR) is 144 cm³/mol. The highest BCUT2D eigenvalue weighted by atomic mass is 19.2.